The maximum absolute atomic E-state index is 12.7. The number of nitrogens with one attached hydrogen (secondary N) is 2. The Kier molecular flexibility index (Phi) is 7.36. The first kappa shape index (κ1) is 23.1. The van der Waals surface area contributed by atoms with Gasteiger partial charge in [-0.25, -0.2) is 4.98 Å². The molecule has 0 aliphatic heterocycles. The molecule has 1 heterocycles. The van der Waals surface area contributed by atoms with Crippen molar-refractivity contribution in [1.29, 1.82) is 5.26 Å². The van der Waals surface area contributed by atoms with E-state index in [2.05, 4.69) is 15.6 Å². The number of para-hydroxylation sites is 1. The predicted molar refractivity (Wildman–Crippen MR) is 128 cm³/mol. The summed E-state index contributed by atoms with van der Waals surface area (Å²) in [6.07, 6.45) is 0. The van der Waals surface area contributed by atoms with Gasteiger partial charge in [0.05, 0.1) is 16.4 Å². The Morgan fingerprint density at radius 2 is 1.88 bits per heavy atom. The van der Waals surface area contributed by atoms with Crippen LogP contribution in [-0.4, -0.2) is 22.0 Å². The smallest absolute Gasteiger partial charge is 0.259 e. The molecule has 0 aliphatic carbocycles. The van der Waals surface area contributed by atoms with Crippen LogP contribution in [0.1, 0.15) is 28.4 Å². The van der Waals surface area contributed by atoms with Crippen molar-refractivity contribution in [2.45, 2.75) is 24.1 Å². The second-order valence-electron chi connectivity index (χ2n) is 6.87. The van der Waals surface area contributed by atoms with Gasteiger partial charge in [-0.15, -0.1) is 0 Å². The van der Waals surface area contributed by atoms with Gasteiger partial charge in [-0.2, -0.15) is 5.26 Å². The van der Waals surface area contributed by atoms with E-state index in [-0.39, 0.29) is 27.9 Å². The van der Waals surface area contributed by atoms with Gasteiger partial charge in [0.15, 0.2) is 0 Å². The van der Waals surface area contributed by atoms with E-state index in [9.17, 15) is 14.9 Å². The number of carbonyl (C=O) groups is 2. The van der Waals surface area contributed by atoms with Gasteiger partial charge >= 0.3 is 0 Å². The lowest BCUT2D eigenvalue weighted by molar-refractivity contribution is -0.115. The van der Waals surface area contributed by atoms with Gasteiger partial charge < -0.3 is 16.4 Å². The van der Waals surface area contributed by atoms with Crippen molar-refractivity contribution in [1.82, 2.24) is 4.98 Å². The number of hydrogen-bond donors (Lipinski definition) is 3. The Morgan fingerprint density at radius 1 is 1.16 bits per heavy atom. The number of amides is 2. The van der Waals surface area contributed by atoms with Gasteiger partial charge in [0.2, 0.25) is 5.91 Å². The lowest BCUT2D eigenvalue weighted by Gasteiger charge is -2.15. The summed E-state index contributed by atoms with van der Waals surface area (Å²) in [6, 6.07) is 17.5. The maximum Gasteiger partial charge on any atom is 0.259 e. The van der Waals surface area contributed by atoms with Gasteiger partial charge in [-0.05, 0) is 49.7 Å². The zero-order chi connectivity index (χ0) is 23.3. The molecule has 162 valence electrons. The highest BCUT2D eigenvalue weighted by atomic mass is 35.5. The Balaban J connectivity index is 1.77. The molecule has 32 heavy (non-hydrogen) atoms. The normalized spacial score (nSPS) is 11.3. The van der Waals surface area contributed by atoms with Crippen LogP contribution in [0.5, 0.6) is 0 Å². The minimum absolute atomic E-state index is 0.0294. The number of rotatable bonds is 6. The van der Waals surface area contributed by atoms with Crippen molar-refractivity contribution in [3.8, 4) is 6.07 Å². The number of benzene rings is 2. The number of aromatic nitrogens is 1. The van der Waals surface area contributed by atoms with Crippen molar-refractivity contribution in [2.24, 2.45) is 0 Å². The van der Waals surface area contributed by atoms with Gasteiger partial charge in [-0.1, -0.05) is 47.6 Å². The van der Waals surface area contributed by atoms with Crippen molar-refractivity contribution < 1.29 is 9.59 Å². The number of nitrogens with zero attached hydrogens (tertiary/aromatic N) is 2. The third-order valence-electron chi connectivity index (χ3n) is 4.60. The van der Waals surface area contributed by atoms with Gasteiger partial charge in [-0.3, -0.25) is 9.59 Å². The Labute approximate surface area is 195 Å². The summed E-state index contributed by atoms with van der Waals surface area (Å²) in [5, 5.41) is 15.3. The largest absolute Gasteiger partial charge is 0.383 e. The summed E-state index contributed by atoms with van der Waals surface area (Å²) >= 11 is 7.19. The van der Waals surface area contributed by atoms with Gasteiger partial charge in [0.25, 0.3) is 5.91 Å². The van der Waals surface area contributed by atoms with Gasteiger partial charge in [0.1, 0.15) is 16.9 Å². The molecule has 0 fully saturated rings. The molecule has 3 aromatic rings. The molecule has 1 unspecified atom stereocenters. The van der Waals surface area contributed by atoms with Crippen molar-refractivity contribution in [3.63, 3.8) is 0 Å². The summed E-state index contributed by atoms with van der Waals surface area (Å²) in [6.45, 7) is 3.50. The van der Waals surface area contributed by atoms with Crippen molar-refractivity contribution in [2.75, 3.05) is 16.4 Å². The topological polar surface area (TPSA) is 121 Å². The molecule has 7 nitrogen and oxygen atoms in total. The number of nitrogens with two attached hydrogens (primary N) is 1. The first-order valence-electron chi connectivity index (χ1n) is 9.59. The number of hydrogen-bond acceptors (Lipinski definition) is 6. The highest BCUT2D eigenvalue weighted by molar-refractivity contribution is 8.00. The molecule has 1 aromatic heterocycles. The number of thioether (sulfide) groups is 1. The minimum atomic E-state index is -0.587. The molecule has 4 N–H and O–H groups in total. The molecule has 0 spiro atoms. The maximum atomic E-state index is 12.7. The molecule has 2 aromatic carbocycles. The van der Waals surface area contributed by atoms with Crippen LogP contribution in [0.3, 0.4) is 0 Å². The molecular formula is C23H20ClN5O2S. The van der Waals surface area contributed by atoms with Crippen LogP contribution in [0.4, 0.5) is 17.2 Å². The summed E-state index contributed by atoms with van der Waals surface area (Å²) in [5.74, 6) is -0.787. The van der Waals surface area contributed by atoms with Crippen molar-refractivity contribution in [3.05, 3.63) is 76.3 Å². The third-order valence-corrected chi connectivity index (χ3v) is 6.11. The lowest BCUT2D eigenvalue weighted by atomic mass is 10.2. The van der Waals surface area contributed by atoms with E-state index in [1.165, 1.54) is 6.07 Å². The standard InChI is InChI=1S/C23H20ClN5O2S/c1-13-18(24)9-6-10-19(13)28-21(30)14(2)32-23-15(12-25)11-17(20(26)29-23)22(31)27-16-7-4-3-5-8-16/h3-11,14H,1-2H3,(H2,26,29)(H,27,31)(H,28,30). The molecule has 0 bridgehead atoms. The Hall–Kier alpha value is -3.54. The molecule has 9 heteroatoms. The van der Waals surface area contributed by atoms with E-state index >= 15 is 0 Å². The fourth-order valence-electron chi connectivity index (χ4n) is 2.78. The van der Waals surface area contributed by atoms with Crippen LogP contribution in [0.15, 0.2) is 59.6 Å². The van der Waals surface area contributed by atoms with E-state index in [0.29, 0.717) is 16.4 Å². The Morgan fingerprint density at radius 3 is 2.56 bits per heavy atom. The van der Waals surface area contributed by atoms with Crippen molar-refractivity contribution >= 4 is 52.4 Å². The second kappa shape index (κ2) is 10.2. The first-order valence-corrected chi connectivity index (χ1v) is 10.9. The molecule has 1 atom stereocenters. The quantitative estimate of drug-likeness (QED) is 0.446. The number of anilines is 3. The van der Waals surface area contributed by atoms with Crippen LogP contribution in [0.2, 0.25) is 5.02 Å². The lowest BCUT2D eigenvalue weighted by Crippen LogP contribution is -2.23. The molecule has 0 saturated heterocycles. The van der Waals surface area contributed by atoms with E-state index in [4.69, 9.17) is 17.3 Å². The molecule has 2 amide bonds. The van der Waals surface area contributed by atoms with E-state index in [1.54, 1.807) is 49.4 Å². The molecule has 0 aliphatic rings. The summed E-state index contributed by atoms with van der Waals surface area (Å²) in [4.78, 5) is 29.5. The first-order chi connectivity index (χ1) is 15.3. The summed E-state index contributed by atoms with van der Waals surface area (Å²) in [7, 11) is 0. The Bertz CT molecular complexity index is 1210. The zero-order valence-corrected chi connectivity index (χ0v) is 18.9. The van der Waals surface area contributed by atoms with E-state index < -0.39 is 11.2 Å². The highest BCUT2D eigenvalue weighted by Crippen LogP contribution is 2.29. The zero-order valence-electron chi connectivity index (χ0n) is 17.3. The van der Waals surface area contributed by atoms with Crippen LogP contribution in [-0.2, 0) is 4.79 Å². The summed E-state index contributed by atoms with van der Waals surface area (Å²) < 4.78 is 0. The van der Waals surface area contributed by atoms with E-state index in [1.807, 2.05) is 19.1 Å². The number of halogens is 1. The fourth-order valence-corrected chi connectivity index (χ4v) is 3.84. The molecular weight excluding hydrogens is 446 g/mol. The summed E-state index contributed by atoms with van der Waals surface area (Å²) in [5.41, 5.74) is 8.20. The van der Waals surface area contributed by atoms with E-state index in [0.717, 1.165) is 17.3 Å². The number of pyridine rings is 1. The SMILES string of the molecule is Cc1c(Cl)cccc1NC(=O)C(C)Sc1nc(N)c(C(=O)Nc2ccccc2)cc1C#N. The fraction of sp³-hybridized carbons (Fsp3) is 0.130. The molecule has 3 rings (SSSR count). The molecule has 0 radical (unpaired) electrons. The van der Waals surface area contributed by atoms with Crippen LogP contribution in [0, 0.1) is 18.3 Å². The molecule has 0 saturated carbocycles. The second-order valence-corrected chi connectivity index (χ2v) is 8.60. The average Bonchev–Trinajstić information content (AvgIpc) is 2.77. The number of nitrogen functional groups attached to an aromatic ring is 1. The van der Waals surface area contributed by atoms with Gasteiger partial charge in [0, 0.05) is 16.4 Å². The highest BCUT2D eigenvalue weighted by Gasteiger charge is 2.21. The third kappa shape index (κ3) is 5.38. The monoisotopic (exact) mass is 465 g/mol. The predicted octanol–water partition coefficient (Wildman–Crippen LogP) is 4.87. The van der Waals surface area contributed by atoms with Crippen LogP contribution < -0.4 is 16.4 Å². The number of nitriles is 1. The van der Waals surface area contributed by atoms with Crippen LogP contribution >= 0.6 is 23.4 Å². The number of carbonyl (C=O) groups excluding carboxylic acids is 2. The minimum Gasteiger partial charge on any atom is -0.383 e. The van der Waals surface area contributed by atoms with Crippen LogP contribution in [0.25, 0.3) is 0 Å². The average molecular weight is 466 g/mol.